The first-order chi connectivity index (χ1) is 11.1. The number of carbonyl (C=O) groups excluding carboxylic acids is 2. The highest BCUT2D eigenvalue weighted by Gasteiger charge is 2.17. The summed E-state index contributed by atoms with van der Waals surface area (Å²) in [4.78, 5) is 23.7. The van der Waals surface area contributed by atoms with E-state index >= 15 is 0 Å². The number of carbonyl (C=O) groups is 2. The molecule has 2 N–H and O–H groups in total. The zero-order valence-electron chi connectivity index (χ0n) is 13.2. The molecule has 2 rings (SSSR count). The zero-order valence-corrected chi connectivity index (χ0v) is 13.2. The van der Waals surface area contributed by atoms with Crippen molar-refractivity contribution in [1.82, 2.24) is 10.6 Å². The Morgan fingerprint density at radius 2 is 1.96 bits per heavy atom. The minimum atomic E-state index is -0.679. The smallest absolute Gasteiger partial charge is 0.309 e. The molecule has 0 aliphatic heterocycles. The monoisotopic (exact) mass is 316 g/mol. The maximum absolute atomic E-state index is 11.9. The highest BCUT2D eigenvalue weighted by Crippen LogP contribution is 2.16. The Hall–Kier alpha value is -2.76. The maximum atomic E-state index is 11.9. The number of furan rings is 1. The molecular formula is C17H20N2O4. The van der Waals surface area contributed by atoms with Gasteiger partial charge in [-0.2, -0.15) is 0 Å². The lowest BCUT2D eigenvalue weighted by Crippen LogP contribution is -2.44. The molecule has 2 amide bonds. The van der Waals surface area contributed by atoms with Gasteiger partial charge in [0.2, 0.25) is 0 Å². The summed E-state index contributed by atoms with van der Waals surface area (Å²) >= 11 is 0. The van der Waals surface area contributed by atoms with Gasteiger partial charge in [0, 0.05) is 24.6 Å². The first-order valence-electron chi connectivity index (χ1n) is 7.33. The Kier molecular flexibility index (Phi) is 5.80. The molecule has 1 aromatic heterocycles. The molecule has 2 aromatic rings. The lowest BCUT2D eigenvalue weighted by atomic mass is 10.2. The molecule has 0 aliphatic carbocycles. The van der Waals surface area contributed by atoms with Gasteiger partial charge in [-0.05, 0) is 25.1 Å². The lowest BCUT2D eigenvalue weighted by Gasteiger charge is -2.13. The average Bonchev–Trinajstić information content (AvgIpc) is 3.05. The second-order valence-corrected chi connectivity index (χ2v) is 5.15. The summed E-state index contributed by atoms with van der Waals surface area (Å²) < 4.78 is 10.4. The van der Waals surface area contributed by atoms with E-state index in [1.807, 2.05) is 31.2 Å². The maximum Gasteiger partial charge on any atom is 0.309 e. The number of amides is 2. The number of hydrogen-bond donors (Lipinski definition) is 2. The molecule has 0 saturated heterocycles. The molecule has 1 aromatic carbocycles. The molecule has 0 bridgehead atoms. The predicted molar refractivity (Wildman–Crippen MR) is 84.9 cm³/mol. The second-order valence-electron chi connectivity index (χ2n) is 5.15. The van der Waals surface area contributed by atoms with E-state index in [2.05, 4.69) is 10.6 Å². The van der Waals surface area contributed by atoms with E-state index < -0.39 is 11.8 Å². The van der Waals surface area contributed by atoms with Gasteiger partial charge in [0.05, 0.1) is 13.4 Å². The normalized spacial score (nSPS) is 11.6. The van der Waals surface area contributed by atoms with Crippen molar-refractivity contribution < 1.29 is 18.7 Å². The molecular weight excluding hydrogens is 296 g/mol. The predicted octanol–water partition coefficient (Wildman–Crippen LogP) is 1.65. The molecule has 0 spiro atoms. The van der Waals surface area contributed by atoms with Gasteiger partial charge in [-0.1, -0.05) is 18.2 Å². The third-order valence-corrected chi connectivity index (χ3v) is 3.30. The van der Waals surface area contributed by atoms with E-state index in [1.54, 1.807) is 25.5 Å². The number of ether oxygens (including phenoxy) is 1. The molecule has 0 radical (unpaired) electrons. The largest absolute Gasteiger partial charge is 0.496 e. The summed E-state index contributed by atoms with van der Waals surface area (Å²) in [6.07, 6.45) is 2.10. The van der Waals surface area contributed by atoms with Crippen LogP contribution in [0.2, 0.25) is 0 Å². The van der Waals surface area contributed by atoms with Crippen LogP contribution in [0.4, 0.5) is 0 Å². The number of nitrogens with one attached hydrogen (secondary N) is 2. The van der Waals surface area contributed by atoms with E-state index in [9.17, 15) is 9.59 Å². The summed E-state index contributed by atoms with van der Waals surface area (Å²) in [7, 11) is 1.56. The quantitative estimate of drug-likeness (QED) is 0.794. The van der Waals surface area contributed by atoms with Crippen molar-refractivity contribution in [1.29, 1.82) is 0 Å². The van der Waals surface area contributed by atoms with Crippen LogP contribution in [0.5, 0.6) is 5.75 Å². The van der Waals surface area contributed by atoms with Crippen LogP contribution in [-0.2, 0) is 22.6 Å². The highest BCUT2D eigenvalue weighted by molar-refractivity contribution is 6.35. The zero-order chi connectivity index (χ0) is 16.7. The Morgan fingerprint density at radius 1 is 1.17 bits per heavy atom. The van der Waals surface area contributed by atoms with Crippen LogP contribution < -0.4 is 15.4 Å². The fourth-order valence-electron chi connectivity index (χ4n) is 2.18. The summed E-state index contributed by atoms with van der Waals surface area (Å²) in [5, 5.41) is 5.22. The molecule has 6 nitrogen and oxygen atoms in total. The average molecular weight is 316 g/mol. The van der Waals surface area contributed by atoms with Crippen molar-refractivity contribution in [3.8, 4) is 5.75 Å². The standard InChI is InChI=1S/C17H20N2O4/c1-12(10-14-7-5-9-23-14)19-17(21)16(20)18-11-13-6-3-4-8-15(13)22-2/h3-9,12H,10-11H2,1-2H3,(H,18,20)(H,19,21)/t12-/m1/s1. The van der Waals surface area contributed by atoms with Crippen molar-refractivity contribution >= 4 is 11.8 Å². The van der Waals surface area contributed by atoms with Crippen molar-refractivity contribution in [2.75, 3.05) is 7.11 Å². The Balaban J connectivity index is 1.81. The van der Waals surface area contributed by atoms with Gasteiger partial charge in [-0.3, -0.25) is 9.59 Å². The molecule has 0 fully saturated rings. The van der Waals surface area contributed by atoms with Crippen LogP contribution in [0.15, 0.2) is 47.1 Å². The van der Waals surface area contributed by atoms with Crippen molar-refractivity contribution in [3.63, 3.8) is 0 Å². The Bertz CT molecular complexity index is 652. The first kappa shape index (κ1) is 16.6. The van der Waals surface area contributed by atoms with Crippen LogP contribution in [0, 0.1) is 0 Å². The number of para-hydroxylation sites is 1. The third kappa shape index (κ3) is 4.88. The number of methoxy groups -OCH3 is 1. The SMILES string of the molecule is COc1ccccc1CNC(=O)C(=O)N[C@H](C)Cc1ccco1. The van der Waals surface area contributed by atoms with Gasteiger partial charge >= 0.3 is 11.8 Å². The van der Waals surface area contributed by atoms with Crippen molar-refractivity contribution in [2.45, 2.75) is 25.9 Å². The fourth-order valence-corrected chi connectivity index (χ4v) is 2.18. The summed E-state index contributed by atoms with van der Waals surface area (Å²) in [5.41, 5.74) is 0.805. The Morgan fingerprint density at radius 3 is 2.65 bits per heavy atom. The highest BCUT2D eigenvalue weighted by atomic mass is 16.5. The fraction of sp³-hybridized carbons (Fsp3) is 0.294. The first-order valence-corrected chi connectivity index (χ1v) is 7.33. The second kappa shape index (κ2) is 8.03. The van der Waals surface area contributed by atoms with Gasteiger partial charge in [0.15, 0.2) is 0 Å². The van der Waals surface area contributed by atoms with Crippen LogP contribution in [0.25, 0.3) is 0 Å². The number of rotatable bonds is 6. The van der Waals surface area contributed by atoms with E-state index in [4.69, 9.17) is 9.15 Å². The topological polar surface area (TPSA) is 80.6 Å². The van der Waals surface area contributed by atoms with Gasteiger partial charge in [-0.15, -0.1) is 0 Å². The molecule has 0 unspecified atom stereocenters. The molecule has 122 valence electrons. The number of hydrogen-bond acceptors (Lipinski definition) is 4. The number of benzene rings is 1. The van der Waals surface area contributed by atoms with Crippen molar-refractivity contribution in [2.24, 2.45) is 0 Å². The van der Waals surface area contributed by atoms with Crippen LogP contribution in [0.3, 0.4) is 0 Å². The molecule has 0 saturated carbocycles. The van der Waals surface area contributed by atoms with E-state index in [0.29, 0.717) is 12.2 Å². The molecule has 6 heteroatoms. The van der Waals surface area contributed by atoms with Gasteiger partial charge in [0.1, 0.15) is 11.5 Å². The minimum Gasteiger partial charge on any atom is -0.496 e. The van der Waals surface area contributed by atoms with E-state index in [-0.39, 0.29) is 12.6 Å². The van der Waals surface area contributed by atoms with Gasteiger partial charge in [-0.25, -0.2) is 0 Å². The van der Waals surface area contributed by atoms with Crippen LogP contribution in [-0.4, -0.2) is 25.0 Å². The molecule has 1 atom stereocenters. The van der Waals surface area contributed by atoms with E-state index in [1.165, 1.54) is 0 Å². The minimum absolute atomic E-state index is 0.203. The summed E-state index contributed by atoms with van der Waals surface area (Å²) in [6, 6.07) is 10.7. The summed E-state index contributed by atoms with van der Waals surface area (Å²) in [6.45, 7) is 2.04. The Labute approximate surface area is 134 Å². The van der Waals surface area contributed by atoms with Crippen LogP contribution in [0.1, 0.15) is 18.2 Å². The van der Waals surface area contributed by atoms with Gasteiger partial charge < -0.3 is 19.8 Å². The molecule has 1 heterocycles. The van der Waals surface area contributed by atoms with Gasteiger partial charge in [0.25, 0.3) is 0 Å². The van der Waals surface area contributed by atoms with Crippen LogP contribution >= 0.6 is 0 Å². The molecule has 23 heavy (non-hydrogen) atoms. The van der Waals surface area contributed by atoms with E-state index in [0.717, 1.165) is 11.3 Å². The molecule has 0 aliphatic rings. The third-order valence-electron chi connectivity index (χ3n) is 3.30. The lowest BCUT2D eigenvalue weighted by molar-refractivity contribution is -0.139. The summed E-state index contributed by atoms with van der Waals surface area (Å²) in [5.74, 6) is 0.0766. The van der Waals surface area contributed by atoms with Crippen molar-refractivity contribution in [3.05, 3.63) is 54.0 Å².